The van der Waals surface area contributed by atoms with Crippen molar-refractivity contribution in [3.05, 3.63) is 0 Å². The Morgan fingerprint density at radius 2 is 1.90 bits per heavy atom. The highest BCUT2D eigenvalue weighted by Gasteiger charge is 2.64. The van der Waals surface area contributed by atoms with Crippen LogP contribution in [0.2, 0.25) is 0 Å². The van der Waals surface area contributed by atoms with Crippen molar-refractivity contribution in [1.82, 2.24) is 20.4 Å². The molecular formula is C30H50N4O6. The second-order valence-electron chi connectivity index (χ2n) is 13.0. The van der Waals surface area contributed by atoms with E-state index in [1.54, 1.807) is 14.2 Å². The van der Waals surface area contributed by atoms with Crippen LogP contribution in [0.4, 0.5) is 0 Å². The Bertz CT molecular complexity index is 901. The monoisotopic (exact) mass is 562 g/mol. The van der Waals surface area contributed by atoms with Crippen molar-refractivity contribution in [3.63, 3.8) is 0 Å². The van der Waals surface area contributed by atoms with Crippen molar-refractivity contribution in [2.75, 3.05) is 60.2 Å². The van der Waals surface area contributed by atoms with Gasteiger partial charge in [0.15, 0.2) is 0 Å². The third-order valence-corrected chi connectivity index (χ3v) is 11.1. The van der Waals surface area contributed by atoms with Gasteiger partial charge in [-0.2, -0.15) is 0 Å². The summed E-state index contributed by atoms with van der Waals surface area (Å²) in [5, 5.41) is 6.93. The fraction of sp³-hybridized carbons (Fsp3) is 0.933. The van der Waals surface area contributed by atoms with Crippen molar-refractivity contribution < 1.29 is 28.5 Å². The lowest BCUT2D eigenvalue weighted by molar-refractivity contribution is -0.175. The quantitative estimate of drug-likeness (QED) is 0.402. The molecule has 10 heteroatoms. The molecule has 2 saturated carbocycles. The summed E-state index contributed by atoms with van der Waals surface area (Å²) in [6.45, 7) is 8.08. The number of methoxy groups -OCH3 is 2. The fourth-order valence-electron chi connectivity index (χ4n) is 9.29. The smallest absolute Gasteiger partial charge is 0.248 e. The van der Waals surface area contributed by atoms with Crippen LogP contribution >= 0.6 is 0 Å². The zero-order chi connectivity index (χ0) is 27.8. The first-order valence-corrected chi connectivity index (χ1v) is 15.9. The molecule has 0 aromatic heterocycles. The van der Waals surface area contributed by atoms with E-state index in [-0.39, 0.29) is 48.1 Å². The highest BCUT2D eigenvalue weighted by molar-refractivity contribution is 5.83. The number of hydrogen-bond donors (Lipinski definition) is 2. The van der Waals surface area contributed by atoms with Crippen LogP contribution in [-0.2, 0) is 28.5 Å². The van der Waals surface area contributed by atoms with Crippen LogP contribution < -0.4 is 10.6 Å². The number of carbonyl (C=O) groups is 2. The Kier molecular flexibility index (Phi) is 9.01. The Hall–Kier alpha value is -1.30. The number of morpholine rings is 1. The Labute approximate surface area is 239 Å². The summed E-state index contributed by atoms with van der Waals surface area (Å²) in [5.74, 6) is 1.35. The van der Waals surface area contributed by atoms with E-state index in [1.165, 1.54) is 0 Å². The lowest BCUT2D eigenvalue weighted by Gasteiger charge is -2.55. The van der Waals surface area contributed by atoms with E-state index in [1.807, 2.05) is 6.92 Å². The van der Waals surface area contributed by atoms with Gasteiger partial charge in [-0.3, -0.25) is 14.5 Å². The number of nitrogens with one attached hydrogen (secondary N) is 2. The maximum Gasteiger partial charge on any atom is 0.248 e. The van der Waals surface area contributed by atoms with Gasteiger partial charge in [0.25, 0.3) is 0 Å². The van der Waals surface area contributed by atoms with E-state index in [0.717, 1.165) is 84.3 Å². The predicted octanol–water partition coefficient (Wildman–Crippen LogP) is 1.03. The molecule has 4 saturated heterocycles. The van der Waals surface area contributed by atoms with Gasteiger partial charge in [0, 0.05) is 45.9 Å². The molecule has 4 heterocycles. The molecule has 4 aliphatic heterocycles. The molecule has 0 radical (unpaired) electrons. The molecule has 0 bridgehead atoms. The molecule has 40 heavy (non-hydrogen) atoms. The molecule has 0 aromatic carbocycles. The first-order chi connectivity index (χ1) is 19.5. The standard InChI is InChI=1S/C30H50N4O6/c1-18(29(35)32-10-4-12-33-13-15-39-16-14-33)40-19-5-7-23-22(17-19)20-9-11-31-26-21-6-8-24(37-2)28(38-3)25(21)30(36)34(23)27(20)26/h18-28,31H,4-17H2,1-3H3,(H,32,35)/t18-,19?,20?,21?,22?,23?,24?,25?,26?,27?,28?/m1/s1. The molecule has 11 atom stereocenters. The van der Waals surface area contributed by atoms with Crippen LogP contribution in [0, 0.1) is 23.7 Å². The van der Waals surface area contributed by atoms with Gasteiger partial charge >= 0.3 is 0 Å². The number of carbonyl (C=O) groups excluding carboxylic acids is 2. The summed E-state index contributed by atoms with van der Waals surface area (Å²) in [7, 11) is 3.47. The molecule has 6 rings (SSSR count). The first kappa shape index (κ1) is 28.8. The molecule has 6 aliphatic rings. The van der Waals surface area contributed by atoms with E-state index >= 15 is 0 Å². The third-order valence-electron chi connectivity index (χ3n) is 11.1. The number of rotatable bonds is 9. The molecule has 2 N–H and O–H groups in total. The number of nitrogens with zero attached hydrogens (tertiary/aromatic N) is 2. The second kappa shape index (κ2) is 12.5. The van der Waals surface area contributed by atoms with Gasteiger partial charge in [0.05, 0.1) is 43.5 Å². The lowest BCUT2D eigenvalue weighted by atomic mass is 9.64. The molecule has 2 amide bonds. The molecular weight excluding hydrogens is 512 g/mol. The third kappa shape index (κ3) is 5.33. The molecule has 2 aliphatic carbocycles. The zero-order valence-electron chi connectivity index (χ0n) is 24.6. The highest BCUT2D eigenvalue weighted by atomic mass is 16.5. The Morgan fingerprint density at radius 3 is 2.67 bits per heavy atom. The number of ether oxygens (including phenoxy) is 4. The van der Waals surface area contributed by atoms with Crippen molar-refractivity contribution in [1.29, 1.82) is 0 Å². The Balaban J connectivity index is 1.06. The number of amides is 2. The van der Waals surface area contributed by atoms with Gasteiger partial charge in [-0.15, -0.1) is 0 Å². The van der Waals surface area contributed by atoms with E-state index < -0.39 is 6.10 Å². The van der Waals surface area contributed by atoms with Gasteiger partial charge in [0.2, 0.25) is 11.8 Å². The summed E-state index contributed by atoms with van der Waals surface area (Å²) >= 11 is 0. The zero-order valence-corrected chi connectivity index (χ0v) is 24.6. The maximum absolute atomic E-state index is 14.2. The van der Waals surface area contributed by atoms with E-state index in [0.29, 0.717) is 30.3 Å². The van der Waals surface area contributed by atoms with E-state index in [2.05, 4.69) is 20.4 Å². The SMILES string of the molecule is COC1CCC2C3NCCC4C5CC(O[C@H](C)C(=O)NCCCN6CCOCC6)CCC5N(C(=O)C2C1OC)C43. The van der Waals surface area contributed by atoms with Crippen molar-refractivity contribution in [3.8, 4) is 0 Å². The van der Waals surface area contributed by atoms with Gasteiger partial charge in [-0.25, -0.2) is 0 Å². The molecule has 10 nitrogen and oxygen atoms in total. The number of hydrogen-bond acceptors (Lipinski definition) is 8. The minimum Gasteiger partial charge on any atom is -0.379 e. The predicted molar refractivity (Wildman–Crippen MR) is 149 cm³/mol. The minimum absolute atomic E-state index is 0.0209. The summed E-state index contributed by atoms with van der Waals surface area (Å²) < 4.78 is 23.5. The van der Waals surface area contributed by atoms with E-state index in [4.69, 9.17) is 18.9 Å². The normalized spacial score (nSPS) is 42.1. The molecule has 10 unspecified atom stereocenters. The van der Waals surface area contributed by atoms with Gasteiger partial charge in [0.1, 0.15) is 6.10 Å². The molecule has 6 fully saturated rings. The summed E-state index contributed by atoms with van der Waals surface area (Å²) in [4.78, 5) is 31.7. The van der Waals surface area contributed by atoms with Crippen LogP contribution in [0.25, 0.3) is 0 Å². The second-order valence-corrected chi connectivity index (χ2v) is 13.0. The molecule has 0 spiro atoms. The van der Waals surface area contributed by atoms with E-state index in [9.17, 15) is 9.59 Å². The first-order valence-electron chi connectivity index (χ1n) is 15.9. The Morgan fingerprint density at radius 1 is 1.07 bits per heavy atom. The summed E-state index contributed by atoms with van der Waals surface area (Å²) in [6, 6.07) is 0.847. The fourth-order valence-corrected chi connectivity index (χ4v) is 9.29. The van der Waals surface area contributed by atoms with Crippen molar-refractivity contribution >= 4 is 11.8 Å². The number of piperidine rings is 2. The average molecular weight is 563 g/mol. The summed E-state index contributed by atoms with van der Waals surface area (Å²) in [5.41, 5.74) is 0. The van der Waals surface area contributed by atoms with Crippen LogP contribution in [0.5, 0.6) is 0 Å². The van der Waals surface area contributed by atoms with Crippen LogP contribution in [0.15, 0.2) is 0 Å². The minimum atomic E-state index is -0.465. The molecule has 226 valence electrons. The van der Waals surface area contributed by atoms with Gasteiger partial charge < -0.3 is 34.5 Å². The average Bonchev–Trinajstić information content (AvgIpc) is 3.32. The highest BCUT2D eigenvalue weighted by Crippen LogP contribution is 2.54. The maximum atomic E-state index is 14.2. The van der Waals surface area contributed by atoms with Crippen molar-refractivity contribution in [2.24, 2.45) is 23.7 Å². The number of fused-ring (bicyclic) bond motifs is 5. The summed E-state index contributed by atoms with van der Waals surface area (Å²) in [6.07, 6.45) is 6.12. The molecule has 0 aromatic rings. The largest absolute Gasteiger partial charge is 0.379 e. The van der Waals surface area contributed by atoms with Crippen molar-refractivity contribution in [2.45, 2.75) is 94.4 Å². The van der Waals surface area contributed by atoms with Gasteiger partial charge in [-0.05, 0) is 82.7 Å². The topological polar surface area (TPSA) is 102 Å². The lowest BCUT2D eigenvalue weighted by Crippen LogP contribution is -2.70. The van der Waals surface area contributed by atoms with Crippen LogP contribution in [-0.4, -0.2) is 124 Å². The van der Waals surface area contributed by atoms with Crippen LogP contribution in [0.1, 0.15) is 51.9 Å². The van der Waals surface area contributed by atoms with Crippen LogP contribution in [0.3, 0.4) is 0 Å². The van der Waals surface area contributed by atoms with Gasteiger partial charge in [-0.1, -0.05) is 0 Å².